The summed E-state index contributed by atoms with van der Waals surface area (Å²) in [5.74, 6) is 0.236. The number of benzene rings is 1. The maximum absolute atomic E-state index is 13.7. The van der Waals surface area contributed by atoms with Crippen molar-refractivity contribution in [3.8, 4) is 0 Å². The molecule has 4 nitrogen and oxygen atoms in total. The smallest absolute Gasteiger partial charge is 0.183 e. The van der Waals surface area contributed by atoms with E-state index in [-0.39, 0.29) is 11.2 Å². The number of halogens is 1. The first-order valence-electron chi connectivity index (χ1n) is 7.92. The maximum Gasteiger partial charge on any atom is 0.183 e. The quantitative estimate of drug-likeness (QED) is 0.549. The molecule has 0 fully saturated rings. The third kappa shape index (κ3) is 3.20. The van der Waals surface area contributed by atoms with Crippen molar-refractivity contribution >= 4 is 17.2 Å². The lowest BCUT2D eigenvalue weighted by Crippen LogP contribution is -2.11. The lowest BCUT2D eigenvalue weighted by molar-refractivity contribution is 0.573. The Morgan fingerprint density at radius 1 is 1.00 bits per heavy atom. The zero-order valence-corrected chi connectivity index (χ0v) is 14.6. The molecule has 124 valence electrons. The fourth-order valence-electron chi connectivity index (χ4n) is 2.72. The topological polar surface area (TPSA) is 42.0 Å². The molecule has 3 aromatic rings. The van der Waals surface area contributed by atoms with E-state index < -0.39 is 0 Å². The third-order valence-corrected chi connectivity index (χ3v) is 3.73. The van der Waals surface area contributed by atoms with Gasteiger partial charge >= 0.3 is 0 Å². The number of fused-ring (bicyclic) bond motifs is 1. The van der Waals surface area contributed by atoms with Crippen molar-refractivity contribution in [1.82, 2.24) is 9.38 Å². The molecule has 0 atom stereocenters. The number of azo groups is 1. The number of aryl methyl sites for hydroxylation is 2. The van der Waals surface area contributed by atoms with Crippen molar-refractivity contribution in [3.63, 3.8) is 0 Å². The standard InChI is InChI=1S/C19H21FN4/c1-12-8-13(2)10-15(9-12)22-23-18-17(19(3,4)5)21-16-7-6-14(20)11-24(16)18/h6-11H,1-5H3. The zero-order chi connectivity index (χ0) is 17.5. The summed E-state index contributed by atoms with van der Waals surface area (Å²) >= 11 is 0. The Labute approximate surface area is 141 Å². The van der Waals surface area contributed by atoms with Gasteiger partial charge in [0, 0.05) is 11.6 Å². The van der Waals surface area contributed by atoms with Gasteiger partial charge in [-0.05, 0) is 49.2 Å². The summed E-state index contributed by atoms with van der Waals surface area (Å²) in [6.45, 7) is 10.2. The van der Waals surface area contributed by atoms with Crippen molar-refractivity contribution in [2.24, 2.45) is 10.2 Å². The Bertz CT molecular complexity index is 912. The molecule has 0 aliphatic rings. The Hall–Kier alpha value is -2.56. The van der Waals surface area contributed by atoms with Crippen molar-refractivity contribution in [2.75, 3.05) is 0 Å². The van der Waals surface area contributed by atoms with Gasteiger partial charge in [0.15, 0.2) is 5.82 Å². The van der Waals surface area contributed by atoms with E-state index in [1.807, 2.05) is 26.0 Å². The predicted molar refractivity (Wildman–Crippen MR) is 93.9 cm³/mol. The van der Waals surface area contributed by atoms with E-state index in [9.17, 15) is 4.39 Å². The molecule has 24 heavy (non-hydrogen) atoms. The molecule has 0 radical (unpaired) electrons. The van der Waals surface area contributed by atoms with Crippen LogP contribution < -0.4 is 0 Å². The highest BCUT2D eigenvalue weighted by Crippen LogP contribution is 2.33. The van der Waals surface area contributed by atoms with Gasteiger partial charge in [-0.2, -0.15) is 0 Å². The van der Waals surface area contributed by atoms with Gasteiger partial charge in [-0.25, -0.2) is 9.37 Å². The van der Waals surface area contributed by atoms with Crippen LogP contribution in [0.5, 0.6) is 0 Å². The monoisotopic (exact) mass is 324 g/mol. The lowest BCUT2D eigenvalue weighted by Gasteiger charge is -2.15. The Morgan fingerprint density at radius 3 is 2.29 bits per heavy atom. The Morgan fingerprint density at radius 2 is 1.67 bits per heavy atom. The van der Waals surface area contributed by atoms with Crippen LogP contribution in [-0.4, -0.2) is 9.38 Å². The molecule has 0 unspecified atom stereocenters. The fraction of sp³-hybridized carbons (Fsp3) is 0.316. The summed E-state index contributed by atoms with van der Waals surface area (Å²) in [5.41, 5.74) is 4.27. The van der Waals surface area contributed by atoms with E-state index in [4.69, 9.17) is 0 Å². The van der Waals surface area contributed by atoms with E-state index in [0.29, 0.717) is 11.5 Å². The van der Waals surface area contributed by atoms with Gasteiger partial charge in [-0.15, -0.1) is 10.2 Å². The Kier molecular flexibility index (Phi) is 3.95. The van der Waals surface area contributed by atoms with Gasteiger partial charge in [0.05, 0.1) is 11.4 Å². The highest BCUT2D eigenvalue weighted by Gasteiger charge is 2.24. The Balaban J connectivity index is 2.16. The molecule has 0 aliphatic heterocycles. The van der Waals surface area contributed by atoms with Crippen molar-refractivity contribution in [2.45, 2.75) is 40.0 Å². The SMILES string of the molecule is Cc1cc(C)cc(N=Nc2c(C(C)(C)C)nc3ccc(F)cn23)c1. The van der Waals surface area contributed by atoms with E-state index in [2.05, 4.69) is 42.1 Å². The van der Waals surface area contributed by atoms with Gasteiger partial charge in [0.25, 0.3) is 0 Å². The zero-order valence-electron chi connectivity index (χ0n) is 14.6. The molecule has 0 saturated heterocycles. The number of hydrogen-bond donors (Lipinski definition) is 0. The first kappa shape index (κ1) is 16.3. The molecule has 2 aromatic heterocycles. The van der Waals surface area contributed by atoms with Crippen LogP contribution in [0.4, 0.5) is 15.9 Å². The molecule has 0 bridgehead atoms. The summed E-state index contributed by atoms with van der Waals surface area (Å²) in [6, 6.07) is 9.08. The van der Waals surface area contributed by atoms with Gasteiger partial charge in [-0.1, -0.05) is 26.8 Å². The highest BCUT2D eigenvalue weighted by molar-refractivity contribution is 5.54. The molecule has 0 spiro atoms. The molecular weight excluding hydrogens is 303 g/mol. The number of nitrogens with zero attached hydrogens (tertiary/aromatic N) is 4. The molecule has 1 aromatic carbocycles. The van der Waals surface area contributed by atoms with Gasteiger partial charge < -0.3 is 0 Å². The largest absolute Gasteiger partial charge is 0.280 e. The molecule has 3 rings (SSSR count). The van der Waals surface area contributed by atoms with Crippen LogP contribution in [0.1, 0.15) is 37.6 Å². The van der Waals surface area contributed by atoms with Gasteiger partial charge in [-0.3, -0.25) is 4.40 Å². The second kappa shape index (κ2) is 5.82. The average molecular weight is 324 g/mol. The van der Waals surface area contributed by atoms with Crippen LogP contribution in [0.3, 0.4) is 0 Å². The van der Waals surface area contributed by atoms with Crippen LogP contribution >= 0.6 is 0 Å². The number of imidazole rings is 1. The summed E-state index contributed by atoms with van der Waals surface area (Å²) in [7, 11) is 0. The van der Waals surface area contributed by atoms with Crippen LogP contribution in [0.2, 0.25) is 0 Å². The number of aromatic nitrogens is 2. The second-order valence-corrected chi connectivity index (χ2v) is 7.16. The second-order valence-electron chi connectivity index (χ2n) is 7.16. The van der Waals surface area contributed by atoms with E-state index >= 15 is 0 Å². The van der Waals surface area contributed by atoms with Crippen LogP contribution in [0, 0.1) is 19.7 Å². The minimum atomic E-state index is -0.330. The summed E-state index contributed by atoms with van der Waals surface area (Å²) < 4.78 is 15.3. The first-order chi connectivity index (χ1) is 11.2. The van der Waals surface area contributed by atoms with Gasteiger partial charge in [0.1, 0.15) is 11.5 Å². The van der Waals surface area contributed by atoms with Gasteiger partial charge in [0.2, 0.25) is 0 Å². The highest BCUT2D eigenvalue weighted by atomic mass is 19.1. The molecule has 0 amide bonds. The molecule has 0 N–H and O–H groups in total. The minimum Gasteiger partial charge on any atom is -0.280 e. The third-order valence-electron chi connectivity index (χ3n) is 3.73. The normalized spacial score (nSPS) is 12.4. The van der Waals surface area contributed by atoms with E-state index in [1.54, 1.807) is 10.5 Å². The van der Waals surface area contributed by atoms with E-state index in [1.165, 1.54) is 12.3 Å². The van der Waals surface area contributed by atoms with Crippen LogP contribution in [0.25, 0.3) is 5.65 Å². The van der Waals surface area contributed by atoms with Crippen molar-refractivity contribution in [1.29, 1.82) is 0 Å². The average Bonchev–Trinajstić information content (AvgIpc) is 2.82. The lowest BCUT2D eigenvalue weighted by atomic mass is 9.92. The first-order valence-corrected chi connectivity index (χ1v) is 7.92. The summed E-state index contributed by atoms with van der Waals surface area (Å²) in [5, 5.41) is 8.78. The number of hydrogen-bond acceptors (Lipinski definition) is 3. The molecule has 2 heterocycles. The fourth-order valence-corrected chi connectivity index (χ4v) is 2.72. The molecule has 5 heteroatoms. The maximum atomic E-state index is 13.7. The molecule has 0 saturated carbocycles. The van der Waals surface area contributed by atoms with E-state index in [0.717, 1.165) is 22.5 Å². The minimum absolute atomic E-state index is 0.223. The van der Waals surface area contributed by atoms with Crippen molar-refractivity contribution in [3.05, 3.63) is 59.2 Å². The van der Waals surface area contributed by atoms with Crippen molar-refractivity contribution < 1.29 is 4.39 Å². The molecular formula is C19H21FN4. The predicted octanol–water partition coefficient (Wildman–Crippen LogP) is 5.80. The van der Waals surface area contributed by atoms with Crippen LogP contribution in [0.15, 0.2) is 46.8 Å². The van der Waals surface area contributed by atoms with Crippen LogP contribution in [-0.2, 0) is 5.41 Å². The number of pyridine rings is 1. The molecule has 0 aliphatic carbocycles. The summed E-state index contributed by atoms with van der Waals surface area (Å²) in [6.07, 6.45) is 1.40. The summed E-state index contributed by atoms with van der Waals surface area (Å²) in [4.78, 5) is 4.61. The number of rotatable bonds is 2.